The van der Waals surface area contributed by atoms with Crippen molar-refractivity contribution in [3.05, 3.63) is 34.9 Å². The Morgan fingerprint density at radius 2 is 2.00 bits per heavy atom. The number of carbonyl (C=O) groups excluding carboxylic acids is 1. The molecule has 90 valence electrons. The van der Waals surface area contributed by atoms with Gasteiger partial charge in [0, 0.05) is 11.4 Å². The van der Waals surface area contributed by atoms with Gasteiger partial charge in [-0.25, -0.2) is 0 Å². The molecule has 0 aromatic heterocycles. The maximum Gasteiger partial charge on any atom is 0.221 e. The molecule has 0 bridgehead atoms. The van der Waals surface area contributed by atoms with Crippen LogP contribution in [0, 0.1) is 17.2 Å². The number of hydrogen-bond acceptors (Lipinski definition) is 2. The van der Waals surface area contributed by atoms with Crippen LogP contribution in [-0.4, -0.2) is 5.91 Å². The van der Waals surface area contributed by atoms with Gasteiger partial charge in [0.2, 0.25) is 5.91 Å². The van der Waals surface area contributed by atoms with Crippen LogP contribution in [0.4, 0.5) is 0 Å². The molecule has 4 heteroatoms. The van der Waals surface area contributed by atoms with Crippen molar-refractivity contribution in [1.29, 1.82) is 5.26 Å². The third-order valence-corrected chi connectivity index (χ3v) is 2.48. The third-order valence-electron chi connectivity index (χ3n) is 2.23. The topological polar surface area (TPSA) is 52.9 Å². The van der Waals surface area contributed by atoms with Crippen LogP contribution in [-0.2, 0) is 4.79 Å². The van der Waals surface area contributed by atoms with E-state index < -0.39 is 6.04 Å². The zero-order chi connectivity index (χ0) is 12.8. The molecule has 17 heavy (non-hydrogen) atoms. The van der Waals surface area contributed by atoms with Crippen LogP contribution in [0.2, 0.25) is 5.02 Å². The molecule has 1 atom stereocenters. The molecule has 0 spiro atoms. The molecule has 1 aromatic rings. The summed E-state index contributed by atoms with van der Waals surface area (Å²) in [7, 11) is 0. The molecule has 0 fully saturated rings. The number of nitrogens with one attached hydrogen (secondary N) is 1. The highest BCUT2D eigenvalue weighted by Gasteiger charge is 2.14. The standard InChI is InChI=1S/C13H15ClN2O/c1-9(2)7-13(17)16-12(8-15)10-3-5-11(14)6-4-10/h3-6,9,12H,7H2,1-2H3,(H,16,17). The van der Waals surface area contributed by atoms with Gasteiger partial charge >= 0.3 is 0 Å². The monoisotopic (exact) mass is 250 g/mol. The maximum atomic E-state index is 11.6. The predicted molar refractivity (Wildman–Crippen MR) is 67.4 cm³/mol. The summed E-state index contributed by atoms with van der Waals surface area (Å²) >= 11 is 5.76. The smallest absolute Gasteiger partial charge is 0.221 e. The fourth-order valence-corrected chi connectivity index (χ4v) is 1.56. The van der Waals surface area contributed by atoms with Gasteiger partial charge in [0.15, 0.2) is 0 Å². The lowest BCUT2D eigenvalue weighted by Gasteiger charge is -2.13. The lowest BCUT2D eigenvalue weighted by Crippen LogP contribution is -2.28. The maximum absolute atomic E-state index is 11.6. The highest BCUT2D eigenvalue weighted by atomic mass is 35.5. The van der Waals surface area contributed by atoms with Crippen molar-refractivity contribution in [3.63, 3.8) is 0 Å². The number of amides is 1. The number of nitrogens with zero attached hydrogens (tertiary/aromatic N) is 1. The van der Waals surface area contributed by atoms with E-state index in [1.807, 2.05) is 13.8 Å². The molecule has 0 saturated heterocycles. The molecule has 0 aliphatic heterocycles. The van der Waals surface area contributed by atoms with Gasteiger partial charge in [-0.1, -0.05) is 37.6 Å². The van der Waals surface area contributed by atoms with E-state index in [2.05, 4.69) is 11.4 Å². The van der Waals surface area contributed by atoms with E-state index in [-0.39, 0.29) is 11.8 Å². The average molecular weight is 251 g/mol. The molecule has 1 unspecified atom stereocenters. The van der Waals surface area contributed by atoms with Crippen LogP contribution in [0.25, 0.3) is 0 Å². The summed E-state index contributed by atoms with van der Waals surface area (Å²) in [6.07, 6.45) is 0.422. The van der Waals surface area contributed by atoms with Gasteiger partial charge in [0.1, 0.15) is 6.04 Å². The highest BCUT2D eigenvalue weighted by Crippen LogP contribution is 2.16. The van der Waals surface area contributed by atoms with Crippen molar-refractivity contribution in [2.45, 2.75) is 26.3 Å². The zero-order valence-corrected chi connectivity index (χ0v) is 10.7. The second kappa shape index (κ2) is 6.27. The lowest BCUT2D eigenvalue weighted by atomic mass is 10.1. The van der Waals surface area contributed by atoms with E-state index in [1.165, 1.54) is 0 Å². The van der Waals surface area contributed by atoms with Crippen molar-refractivity contribution >= 4 is 17.5 Å². The van der Waals surface area contributed by atoms with Crippen molar-refractivity contribution in [2.75, 3.05) is 0 Å². The predicted octanol–water partition coefficient (Wildman–Crippen LogP) is 3.07. The van der Waals surface area contributed by atoms with Gasteiger partial charge in [-0.05, 0) is 23.6 Å². The van der Waals surface area contributed by atoms with E-state index in [0.717, 1.165) is 5.56 Å². The number of nitriles is 1. The van der Waals surface area contributed by atoms with Crippen LogP contribution in [0.1, 0.15) is 31.9 Å². The number of carbonyl (C=O) groups is 1. The highest BCUT2D eigenvalue weighted by molar-refractivity contribution is 6.30. The zero-order valence-electron chi connectivity index (χ0n) is 9.90. The molecule has 0 heterocycles. The first-order valence-electron chi connectivity index (χ1n) is 5.47. The Bertz CT molecular complexity index is 420. The van der Waals surface area contributed by atoms with Crippen LogP contribution in [0.5, 0.6) is 0 Å². The second-order valence-electron chi connectivity index (χ2n) is 4.28. The number of halogens is 1. The Morgan fingerprint density at radius 3 is 2.47 bits per heavy atom. The molecule has 1 N–H and O–H groups in total. The molecule has 0 aliphatic carbocycles. The number of benzene rings is 1. The minimum Gasteiger partial charge on any atom is -0.337 e. The summed E-state index contributed by atoms with van der Waals surface area (Å²) in [6.45, 7) is 3.92. The Kier molecular flexibility index (Phi) is 4.99. The fraction of sp³-hybridized carbons (Fsp3) is 0.385. The first-order valence-corrected chi connectivity index (χ1v) is 5.85. The SMILES string of the molecule is CC(C)CC(=O)NC(C#N)c1ccc(Cl)cc1. The van der Waals surface area contributed by atoms with Crippen LogP contribution in [0.15, 0.2) is 24.3 Å². The van der Waals surface area contributed by atoms with Crippen LogP contribution >= 0.6 is 11.6 Å². The molecule has 1 amide bonds. The van der Waals surface area contributed by atoms with Gasteiger partial charge in [0.05, 0.1) is 6.07 Å². The van der Waals surface area contributed by atoms with Crippen molar-refractivity contribution in [2.24, 2.45) is 5.92 Å². The van der Waals surface area contributed by atoms with Crippen molar-refractivity contribution in [1.82, 2.24) is 5.32 Å². The summed E-state index contributed by atoms with van der Waals surface area (Å²) < 4.78 is 0. The molecular formula is C13H15ClN2O. The van der Waals surface area contributed by atoms with E-state index in [9.17, 15) is 4.79 Å². The minimum atomic E-state index is -0.612. The first kappa shape index (κ1) is 13.5. The minimum absolute atomic E-state index is 0.110. The van der Waals surface area contributed by atoms with Crippen LogP contribution in [0.3, 0.4) is 0 Å². The Labute approximate surface area is 106 Å². The molecule has 0 radical (unpaired) electrons. The lowest BCUT2D eigenvalue weighted by molar-refractivity contribution is -0.122. The van der Waals surface area contributed by atoms with Crippen LogP contribution < -0.4 is 5.32 Å². The summed E-state index contributed by atoms with van der Waals surface area (Å²) in [6, 6.07) is 8.35. The summed E-state index contributed by atoms with van der Waals surface area (Å²) in [4.78, 5) is 11.6. The van der Waals surface area contributed by atoms with E-state index >= 15 is 0 Å². The van der Waals surface area contributed by atoms with Crippen molar-refractivity contribution < 1.29 is 4.79 Å². The van der Waals surface area contributed by atoms with Gasteiger partial charge in [0.25, 0.3) is 0 Å². The van der Waals surface area contributed by atoms with Gasteiger partial charge in [-0.15, -0.1) is 0 Å². The third kappa shape index (κ3) is 4.46. The van der Waals surface area contributed by atoms with Gasteiger partial charge in [-0.3, -0.25) is 4.79 Å². The average Bonchev–Trinajstić information content (AvgIpc) is 2.26. The quantitative estimate of drug-likeness (QED) is 0.893. The summed E-state index contributed by atoms with van der Waals surface area (Å²) in [5.74, 6) is 0.168. The largest absolute Gasteiger partial charge is 0.337 e. The normalized spacial score (nSPS) is 11.9. The molecule has 0 aliphatic rings. The van der Waals surface area contributed by atoms with Gasteiger partial charge in [-0.2, -0.15) is 5.26 Å². The Balaban J connectivity index is 2.70. The summed E-state index contributed by atoms with van der Waals surface area (Å²) in [5.41, 5.74) is 0.744. The molecule has 3 nitrogen and oxygen atoms in total. The van der Waals surface area contributed by atoms with E-state index in [1.54, 1.807) is 24.3 Å². The van der Waals surface area contributed by atoms with E-state index in [0.29, 0.717) is 11.4 Å². The first-order chi connectivity index (χ1) is 8.02. The molecule has 0 saturated carbocycles. The Hall–Kier alpha value is -1.53. The second-order valence-corrected chi connectivity index (χ2v) is 4.72. The Morgan fingerprint density at radius 1 is 1.41 bits per heavy atom. The fourth-order valence-electron chi connectivity index (χ4n) is 1.44. The molecule has 1 aromatic carbocycles. The molecular weight excluding hydrogens is 236 g/mol. The number of rotatable bonds is 4. The number of hydrogen-bond donors (Lipinski definition) is 1. The molecule has 1 rings (SSSR count). The van der Waals surface area contributed by atoms with Gasteiger partial charge < -0.3 is 5.32 Å². The van der Waals surface area contributed by atoms with Crippen molar-refractivity contribution in [3.8, 4) is 6.07 Å². The van der Waals surface area contributed by atoms with E-state index in [4.69, 9.17) is 16.9 Å². The summed E-state index contributed by atoms with van der Waals surface area (Å²) in [5, 5.41) is 12.3.